The molecule has 1 saturated carbocycles. The first-order chi connectivity index (χ1) is 13.0. The first-order valence-electron chi connectivity index (χ1n) is 8.81. The number of anilines is 1. The van der Waals surface area contributed by atoms with Gasteiger partial charge in [-0.25, -0.2) is 0 Å². The second-order valence-electron chi connectivity index (χ2n) is 6.39. The topological polar surface area (TPSA) is 67.4 Å². The van der Waals surface area contributed by atoms with Crippen LogP contribution in [0.2, 0.25) is 10.0 Å². The van der Waals surface area contributed by atoms with Crippen LogP contribution in [0.5, 0.6) is 5.75 Å². The number of benzene rings is 2. The molecular weight excluding hydrogens is 387 g/mol. The highest BCUT2D eigenvalue weighted by Crippen LogP contribution is 2.31. The Hall–Kier alpha value is -2.24. The molecule has 2 N–H and O–H groups in total. The quantitative estimate of drug-likeness (QED) is 0.731. The lowest BCUT2D eigenvalue weighted by molar-refractivity contribution is -0.118. The van der Waals surface area contributed by atoms with Gasteiger partial charge in [-0.05, 0) is 37.1 Å². The zero-order valence-corrected chi connectivity index (χ0v) is 16.1. The van der Waals surface area contributed by atoms with Crippen molar-refractivity contribution in [3.63, 3.8) is 0 Å². The van der Waals surface area contributed by atoms with Crippen LogP contribution in [0, 0.1) is 0 Å². The number of nitrogens with one attached hydrogen (secondary N) is 2. The summed E-state index contributed by atoms with van der Waals surface area (Å²) < 4.78 is 5.43. The second-order valence-corrected chi connectivity index (χ2v) is 7.17. The highest BCUT2D eigenvalue weighted by atomic mass is 35.5. The van der Waals surface area contributed by atoms with Crippen molar-refractivity contribution in [1.29, 1.82) is 0 Å². The zero-order valence-electron chi connectivity index (χ0n) is 14.6. The molecule has 0 spiro atoms. The van der Waals surface area contributed by atoms with Gasteiger partial charge in [-0.2, -0.15) is 0 Å². The number of halogens is 2. The lowest BCUT2D eigenvalue weighted by Crippen LogP contribution is -2.33. The van der Waals surface area contributed by atoms with Crippen LogP contribution in [0.4, 0.5) is 5.69 Å². The lowest BCUT2D eigenvalue weighted by Gasteiger charge is -2.15. The molecule has 0 radical (unpaired) electrons. The molecule has 2 aromatic rings. The number of hydrogen-bond acceptors (Lipinski definition) is 3. The minimum atomic E-state index is -0.396. The Labute approximate surface area is 168 Å². The van der Waals surface area contributed by atoms with Crippen molar-refractivity contribution in [3.05, 3.63) is 58.1 Å². The molecule has 7 heteroatoms. The molecule has 0 saturated heterocycles. The van der Waals surface area contributed by atoms with Crippen LogP contribution in [0.15, 0.2) is 42.5 Å². The van der Waals surface area contributed by atoms with Crippen LogP contribution in [0.3, 0.4) is 0 Å². The van der Waals surface area contributed by atoms with Crippen LogP contribution in [-0.4, -0.2) is 24.5 Å². The highest BCUT2D eigenvalue weighted by molar-refractivity contribution is 6.42. The molecule has 0 aromatic heterocycles. The van der Waals surface area contributed by atoms with E-state index in [-0.39, 0.29) is 23.6 Å². The predicted molar refractivity (Wildman–Crippen MR) is 107 cm³/mol. The third-order valence-corrected chi connectivity index (χ3v) is 5.21. The first kappa shape index (κ1) is 19.5. The Morgan fingerprint density at radius 3 is 2.56 bits per heavy atom. The molecule has 3 rings (SSSR count). The van der Waals surface area contributed by atoms with Crippen molar-refractivity contribution < 1.29 is 14.3 Å². The van der Waals surface area contributed by atoms with Gasteiger partial charge >= 0.3 is 0 Å². The fraction of sp³-hybridized carbons (Fsp3) is 0.300. The SMILES string of the molecule is O=C(COc1cccc(Cl)c1Cl)Nc1ccccc1C(=O)NC1CCCC1. The summed E-state index contributed by atoms with van der Waals surface area (Å²) in [6.45, 7) is -0.251. The van der Waals surface area contributed by atoms with E-state index in [0.29, 0.717) is 22.0 Å². The Morgan fingerprint density at radius 1 is 1.04 bits per heavy atom. The number of carbonyl (C=O) groups excluding carboxylic acids is 2. The molecule has 0 heterocycles. The number of para-hydroxylation sites is 1. The molecule has 1 aliphatic rings. The lowest BCUT2D eigenvalue weighted by atomic mass is 10.1. The Balaban J connectivity index is 1.62. The average molecular weight is 407 g/mol. The second kappa shape index (κ2) is 9.11. The predicted octanol–water partition coefficient (Wildman–Crippen LogP) is 4.68. The Morgan fingerprint density at radius 2 is 1.78 bits per heavy atom. The van der Waals surface area contributed by atoms with E-state index in [9.17, 15) is 9.59 Å². The molecule has 0 atom stereocenters. The minimum Gasteiger partial charge on any atom is -0.482 e. The maximum Gasteiger partial charge on any atom is 0.262 e. The van der Waals surface area contributed by atoms with Crippen LogP contribution >= 0.6 is 23.2 Å². The average Bonchev–Trinajstić information content (AvgIpc) is 3.16. The summed E-state index contributed by atoms with van der Waals surface area (Å²) in [4.78, 5) is 24.8. The van der Waals surface area contributed by atoms with E-state index in [1.807, 2.05) is 0 Å². The monoisotopic (exact) mass is 406 g/mol. The van der Waals surface area contributed by atoms with Gasteiger partial charge in [0.05, 0.1) is 16.3 Å². The number of amides is 2. The normalized spacial score (nSPS) is 14.0. The summed E-state index contributed by atoms with van der Waals surface area (Å²) >= 11 is 12.0. The Kier molecular flexibility index (Phi) is 6.58. The maximum atomic E-state index is 12.5. The van der Waals surface area contributed by atoms with E-state index in [1.54, 1.807) is 42.5 Å². The van der Waals surface area contributed by atoms with E-state index in [4.69, 9.17) is 27.9 Å². The van der Waals surface area contributed by atoms with Crippen molar-refractivity contribution in [2.75, 3.05) is 11.9 Å². The standard InChI is InChI=1S/C20H20Cl2N2O3/c21-15-9-5-11-17(19(15)22)27-12-18(25)24-16-10-4-3-8-14(16)20(26)23-13-6-1-2-7-13/h3-5,8-11,13H,1-2,6-7,12H2,(H,23,26)(H,24,25). The summed E-state index contributed by atoms with van der Waals surface area (Å²) in [6, 6.07) is 12.1. The number of ether oxygens (including phenoxy) is 1. The Bertz CT molecular complexity index is 836. The van der Waals surface area contributed by atoms with Crippen molar-refractivity contribution in [2.24, 2.45) is 0 Å². The van der Waals surface area contributed by atoms with Gasteiger partial charge in [-0.1, -0.05) is 54.2 Å². The molecule has 0 aliphatic heterocycles. The summed E-state index contributed by atoms with van der Waals surface area (Å²) in [5.41, 5.74) is 0.873. The molecule has 1 aliphatic carbocycles. The number of rotatable bonds is 6. The van der Waals surface area contributed by atoms with Gasteiger partial charge in [0.1, 0.15) is 10.8 Å². The number of carbonyl (C=O) groups is 2. The molecule has 2 aromatic carbocycles. The zero-order chi connectivity index (χ0) is 19.2. The molecule has 5 nitrogen and oxygen atoms in total. The van der Waals surface area contributed by atoms with Gasteiger partial charge in [-0.15, -0.1) is 0 Å². The fourth-order valence-corrected chi connectivity index (χ4v) is 3.39. The van der Waals surface area contributed by atoms with Crippen molar-refractivity contribution >= 4 is 40.7 Å². The van der Waals surface area contributed by atoms with Crippen LogP contribution in [0.1, 0.15) is 36.0 Å². The highest BCUT2D eigenvalue weighted by Gasteiger charge is 2.20. The van der Waals surface area contributed by atoms with Crippen LogP contribution in [-0.2, 0) is 4.79 Å². The van der Waals surface area contributed by atoms with E-state index < -0.39 is 5.91 Å². The summed E-state index contributed by atoms with van der Waals surface area (Å²) in [7, 11) is 0. The third kappa shape index (κ3) is 5.15. The molecule has 142 valence electrons. The summed E-state index contributed by atoms with van der Waals surface area (Å²) in [5, 5.41) is 6.35. The van der Waals surface area contributed by atoms with Crippen molar-refractivity contribution in [3.8, 4) is 5.75 Å². The molecule has 1 fully saturated rings. The summed E-state index contributed by atoms with van der Waals surface area (Å²) in [6.07, 6.45) is 4.25. The molecule has 2 amide bonds. The van der Waals surface area contributed by atoms with Crippen LogP contribution in [0.25, 0.3) is 0 Å². The molecule has 0 bridgehead atoms. The van der Waals surface area contributed by atoms with E-state index in [1.165, 1.54) is 0 Å². The van der Waals surface area contributed by atoms with E-state index >= 15 is 0 Å². The van der Waals surface area contributed by atoms with E-state index in [0.717, 1.165) is 25.7 Å². The van der Waals surface area contributed by atoms with Gasteiger partial charge < -0.3 is 15.4 Å². The van der Waals surface area contributed by atoms with E-state index in [2.05, 4.69) is 10.6 Å². The van der Waals surface area contributed by atoms with Gasteiger partial charge in [0.2, 0.25) is 0 Å². The number of hydrogen-bond donors (Lipinski definition) is 2. The minimum absolute atomic E-state index is 0.184. The van der Waals surface area contributed by atoms with Gasteiger partial charge in [0.25, 0.3) is 11.8 Å². The fourth-order valence-electron chi connectivity index (χ4n) is 3.05. The van der Waals surface area contributed by atoms with Gasteiger partial charge in [-0.3, -0.25) is 9.59 Å². The van der Waals surface area contributed by atoms with Crippen molar-refractivity contribution in [2.45, 2.75) is 31.7 Å². The van der Waals surface area contributed by atoms with Gasteiger partial charge in [0, 0.05) is 6.04 Å². The smallest absolute Gasteiger partial charge is 0.262 e. The van der Waals surface area contributed by atoms with Crippen molar-refractivity contribution in [1.82, 2.24) is 5.32 Å². The summed E-state index contributed by atoms with van der Waals surface area (Å²) in [5.74, 6) is -0.254. The maximum absolute atomic E-state index is 12.5. The van der Waals surface area contributed by atoms with Gasteiger partial charge in [0.15, 0.2) is 6.61 Å². The largest absolute Gasteiger partial charge is 0.482 e. The third-order valence-electron chi connectivity index (χ3n) is 4.41. The molecular formula is C20H20Cl2N2O3. The first-order valence-corrected chi connectivity index (χ1v) is 9.57. The van der Waals surface area contributed by atoms with Crippen LogP contribution < -0.4 is 15.4 Å². The molecule has 0 unspecified atom stereocenters. The molecule has 27 heavy (non-hydrogen) atoms.